The largest absolute Gasteiger partial charge is 0.508 e. The Morgan fingerprint density at radius 1 is 1.48 bits per heavy atom. The number of hydrogen-bond donors (Lipinski definition) is 2. The Morgan fingerprint density at radius 3 is 3.05 bits per heavy atom. The molecule has 0 bridgehead atoms. The number of phenolic OH excluding ortho intramolecular Hbond substituents is 1. The van der Waals surface area contributed by atoms with Crippen molar-refractivity contribution < 1.29 is 9.50 Å². The summed E-state index contributed by atoms with van der Waals surface area (Å²) in [5, 5.41) is 17.1. The van der Waals surface area contributed by atoms with Crippen molar-refractivity contribution in [2.75, 3.05) is 0 Å². The van der Waals surface area contributed by atoms with Gasteiger partial charge < -0.3 is 10.4 Å². The van der Waals surface area contributed by atoms with E-state index in [-0.39, 0.29) is 23.7 Å². The summed E-state index contributed by atoms with van der Waals surface area (Å²) in [4.78, 5) is 0. The molecule has 2 atom stereocenters. The third-order valence-electron chi connectivity index (χ3n) is 4.28. The van der Waals surface area contributed by atoms with Crippen molar-refractivity contribution >= 4 is 0 Å². The van der Waals surface area contributed by atoms with Crippen LogP contribution in [0.15, 0.2) is 24.4 Å². The molecule has 1 heterocycles. The second kappa shape index (κ2) is 5.48. The first-order valence-corrected chi connectivity index (χ1v) is 7.31. The molecule has 0 amide bonds. The molecule has 0 saturated heterocycles. The van der Waals surface area contributed by atoms with Gasteiger partial charge in [-0.05, 0) is 32.3 Å². The van der Waals surface area contributed by atoms with Crippen LogP contribution in [-0.2, 0) is 13.5 Å². The van der Waals surface area contributed by atoms with E-state index in [1.807, 2.05) is 24.9 Å². The van der Waals surface area contributed by atoms with E-state index in [0.29, 0.717) is 5.56 Å². The maximum absolute atomic E-state index is 13.9. The van der Waals surface area contributed by atoms with E-state index in [1.165, 1.54) is 17.3 Å². The zero-order valence-corrected chi connectivity index (χ0v) is 12.3. The smallest absolute Gasteiger partial charge is 0.131 e. The molecule has 5 heteroatoms. The minimum atomic E-state index is -0.378. The standard InChI is InChI=1S/C16H20FN3O/c1-10(12-7-6-11(21)8-14(12)17)19-15-4-3-5-16-13(15)9-18-20(16)2/h6-10,15,19,21H,3-5H2,1-2H3. The molecular weight excluding hydrogens is 269 g/mol. The van der Waals surface area contributed by atoms with Gasteiger partial charge in [-0.2, -0.15) is 5.10 Å². The van der Waals surface area contributed by atoms with Crippen LogP contribution in [0, 0.1) is 5.82 Å². The summed E-state index contributed by atoms with van der Waals surface area (Å²) in [5.41, 5.74) is 3.05. The van der Waals surface area contributed by atoms with Gasteiger partial charge in [-0.25, -0.2) is 4.39 Å². The van der Waals surface area contributed by atoms with Crippen molar-refractivity contribution in [3.63, 3.8) is 0 Å². The maximum Gasteiger partial charge on any atom is 0.131 e. The minimum Gasteiger partial charge on any atom is -0.508 e. The average Bonchev–Trinajstić information content (AvgIpc) is 2.81. The van der Waals surface area contributed by atoms with Crippen molar-refractivity contribution in [1.82, 2.24) is 15.1 Å². The lowest BCUT2D eigenvalue weighted by Gasteiger charge is -2.27. The van der Waals surface area contributed by atoms with Gasteiger partial charge in [0.25, 0.3) is 0 Å². The van der Waals surface area contributed by atoms with Crippen LogP contribution in [-0.4, -0.2) is 14.9 Å². The quantitative estimate of drug-likeness (QED) is 0.913. The molecular formula is C16H20FN3O. The first-order chi connectivity index (χ1) is 10.1. The fourth-order valence-electron chi connectivity index (χ4n) is 3.14. The van der Waals surface area contributed by atoms with Crippen molar-refractivity contribution in [2.45, 2.75) is 38.3 Å². The number of nitrogens with one attached hydrogen (secondary N) is 1. The van der Waals surface area contributed by atoms with Gasteiger partial charge in [0.1, 0.15) is 11.6 Å². The molecule has 0 fully saturated rings. The van der Waals surface area contributed by atoms with Crippen molar-refractivity contribution in [3.8, 4) is 5.75 Å². The molecule has 21 heavy (non-hydrogen) atoms. The molecule has 0 saturated carbocycles. The second-order valence-electron chi connectivity index (χ2n) is 5.71. The van der Waals surface area contributed by atoms with E-state index < -0.39 is 0 Å². The zero-order chi connectivity index (χ0) is 15.0. The first-order valence-electron chi connectivity index (χ1n) is 7.31. The predicted molar refractivity (Wildman–Crippen MR) is 78.5 cm³/mol. The van der Waals surface area contributed by atoms with Gasteiger partial charge in [0.2, 0.25) is 0 Å². The van der Waals surface area contributed by atoms with Crippen LogP contribution in [0.25, 0.3) is 0 Å². The summed E-state index contributed by atoms with van der Waals surface area (Å²) >= 11 is 0. The summed E-state index contributed by atoms with van der Waals surface area (Å²) in [6.07, 6.45) is 5.09. The van der Waals surface area contributed by atoms with Crippen LogP contribution in [0.5, 0.6) is 5.75 Å². The molecule has 0 aliphatic heterocycles. The first kappa shape index (κ1) is 14.1. The van der Waals surface area contributed by atoms with E-state index >= 15 is 0 Å². The van der Waals surface area contributed by atoms with E-state index in [2.05, 4.69) is 10.4 Å². The lowest BCUT2D eigenvalue weighted by molar-refractivity contribution is 0.402. The number of nitrogens with zero attached hydrogens (tertiary/aromatic N) is 2. The molecule has 1 aliphatic rings. The van der Waals surface area contributed by atoms with Crippen molar-refractivity contribution in [1.29, 1.82) is 0 Å². The fraction of sp³-hybridized carbons (Fsp3) is 0.438. The summed E-state index contributed by atoms with van der Waals surface area (Å²) in [5.74, 6) is -0.423. The van der Waals surface area contributed by atoms with Crippen LogP contribution in [0.2, 0.25) is 0 Å². The van der Waals surface area contributed by atoms with Gasteiger partial charge in [0, 0.05) is 42.0 Å². The van der Waals surface area contributed by atoms with E-state index in [4.69, 9.17) is 0 Å². The maximum atomic E-state index is 13.9. The molecule has 2 aromatic rings. The molecule has 112 valence electrons. The number of fused-ring (bicyclic) bond motifs is 1. The van der Waals surface area contributed by atoms with Crippen molar-refractivity contribution in [3.05, 3.63) is 47.0 Å². The van der Waals surface area contributed by atoms with Gasteiger partial charge in [0.15, 0.2) is 0 Å². The highest BCUT2D eigenvalue weighted by molar-refractivity contribution is 5.30. The molecule has 2 N–H and O–H groups in total. The SMILES string of the molecule is CC(NC1CCCc2c1cnn2C)c1ccc(O)cc1F. The summed E-state index contributed by atoms with van der Waals surface area (Å²) in [6.45, 7) is 1.94. The number of hydrogen-bond acceptors (Lipinski definition) is 3. The lowest BCUT2D eigenvalue weighted by atomic mass is 9.92. The topological polar surface area (TPSA) is 50.1 Å². The van der Waals surface area contributed by atoms with Crippen molar-refractivity contribution in [2.24, 2.45) is 7.05 Å². The van der Waals surface area contributed by atoms with E-state index in [0.717, 1.165) is 25.3 Å². The number of rotatable bonds is 3. The Kier molecular flexibility index (Phi) is 3.68. The van der Waals surface area contributed by atoms with Crippen LogP contribution in [0.3, 0.4) is 0 Å². The van der Waals surface area contributed by atoms with Crippen LogP contribution >= 0.6 is 0 Å². The average molecular weight is 289 g/mol. The minimum absolute atomic E-state index is 0.0457. The second-order valence-corrected chi connectivity index (χ2v) is 5.71. The Balaban J connectivity index is 1.81. The summed E-state index contributed by atoms with van der Waals surface area (Å²) in [6, 6.07) is 4.39. The molecule has 1 aromatic carbocycles. The van der Waals surface area contributed by atoms with Crippen LogP contribution < -0.4 is 5.32 Å². The van der Waals surface area contributed by atoms with Gasteiger partial charge >= 0.3 is 0 Å². The van der Waals surface area contributed by atoms with Gasteiger partial charge in [-0.15, -0.1) is 0 Å². The Morgan fingerprint density at radius 2 is 2.29 bits per heavy atom. The molecule has 4 nitrogen and oxygen atoms in total. The van der Waals surface area contributed by atoms with Gasteiger partial charge in [0.05, 0.1) is 6.20 Å². The third-order valence-corrected chi connectivity index (χ3v) is 4.28. The highest BCUT2D eigenvalue weighted by Gasteiger charge is 2.25. The highest BCUT2D eigenvalue weighted by Crippen LogP contribution is 2.32. The Labute approximate surface area is 123 Å². The van der Waals surface area contributed by atoms with E-state index in [1.54, 1.807) is 6.07 Å². The van der Waals surface area contributed by atoms with Gasteiger partial charge in [-0.1, -0.05) is 6.07 Å². The van der Waals surface area contributed by atoms with Gasteiger partial charge in [-0.3, -0.25) is 4.68 Å². The lowest BCUT2D eigenvalue weighted by Crippen LogP contribution is -2.28. The number of phenols is 1. The summed E-state index contributed by atoms with van der Waals surface area (Å²) in [7, 11) is 1.96. The highest BCUT2D eigenvalue weighted by atomic mass is 19.1. The van der Waals surface area contributed by atoms with Crippen LogP contribution in [0.4, 0.5) is 4.39 Å². The monoisotopic (exact) mass is 289 g/mol. The molecule has 1 aromatic heterocycles. The van der Waals surface area contributed by atoms with E-state index in [9.17, 15) is 9.50 Å². The fourth-order valence-corrected chi connectivity index (χ4v) is 3.14. The number of aromatic hydroxyl groups is 1. The van der Waals surface area contributed by atoms with Crippen LogP contribution in [0.1, 0.15) is 48.7 Å². The number of benzene rings is 1. The Bertz CT molecular complexity index is 653. The molecule has 0 radical (unpaired) electrons. The third kappa shape index (κ3) is 2.65. The normalized spacial score (nSPS) is 19.3. The number of aromatic nitrogens is 2. The number of aryl methyl sites for hydroxylation is 1. The molecule has 3 rings (SSSR count). The number of halogens is 1. The molecule has 1 aliphatic carbocycles. The molecule has 0 spiro atoms. The Hall–Kier alpha value is -1.88. The molecule has 2 unspecified atom stereocenters. The zero-order valence-electron chi connectivity index (χ0n) is 12.3. The summed E-state index contributed by atoms with van der Waals surface area (Å²) < 4.78 is 15.9. The predicted octanol–water partition coefficient (Wildman–Crippen LogP) is 2.99.